The van der Waals surface area contributed by atoms with Crippen LogP contribution in [0.2, 0.25) is 0 Å². The van der Waals surface area contributed by atoms with Crippen molar-refractivity contribution < 1.29 is 9.32 Å². The molecule has 0 aliphatic carbocycles. The van der Waals surface area contributed by atoms with E-state index in [1.807, 2.05) is 18.2 Å². The maximum absolute atomic E-state index is 6.01. The highest BCUT2D eigenvalue weighted by Crippen LogP contribution is 2.36. The minimum Gasteiger partial charge on any atom is -0.460 e. The highest BCUT2D eigenvalue weighted by molar-refractivity contribution is 5.85. The zero-order valence-corrected chi connectivity index (χ0v) is 10.6. The Balaban J connectivity index is 2.31. The van der Waals surface area contributed by atoms with Crippen LogP contribution in [0.1, 0.15) is 37.1 Å². The summed E-state index contributed by atoms with van der Waals surface area (Å²) in [6.45, 7) is 5.63. The number of fused-ring (bicyclic) bond motifs is 3. The molecule has 1 aliphatic heterocycles. The predicted molar refractivity (Wildman–Crippen MR) is 69.2 cm³/mol. The van der Waals surface area contributed by atoms with Gasteiger partial charge in [-0.3, -0.25) is 0 Å². The second kappa shape index (κ2) is 3.50. The normalized spacial score (nSPS) is 28.3. The second-order valence-corrected chi connectivity index (χ2v) is 5.31. The summed E-state index contributed by atoms with van der Waals surface area (Å²) in [5.41, 5.74) is 9.01. The lowest BCUT2D eigenvalue weighted by Gasteiger charge is -2.29. The van der Waals surface area contributed by atoms with E-state index in [0.717, 1.165) is 23.6 Å². The lowest BCUT2D eigenvalue weighted by atomic mass is 9.92. The van der Waals surface area contributed by atoms with Crippen LogP contribution in [0.15, 0.2) is 22.6 Å². The van der Waals surface area contributed by atoms with Gasteiger partial charge >= 0.3 is 0 Å². The van der Waals surface area contributed by atoms with E-state index in [-0.39, 0.29) is 0 Å². The Kier molecular flexibility index (Phi) is 2.20. The zero-order valence-electron chi connectivity index (χ0n) is 10.6. The van der Waals surface area contributed by atoms with E-state index in [1.54, 1.807) is 0 Å². The fourth-order valence-electron chi connectivity index (χ4n) is 2.96. The summed E-state index contributed by atoms with van der Waals surface area (Å²) < 4.78 is 6.01. The van der Waals surface area contributed by atoms with Crippen LogP contribution >= 0.6 is 0 Å². The Morgan fingerprint density at radius 3 is 2.88 bits per heavy atom. The van der Waals surface area contributed by atoms with E-state index in [9.17, 15) is 0 Å². The average Bonchev–Trinajstić information content (AvgIpc) is 2.65. The fraction of sp³-hybridized carbons (Fsp3) is 0.429. The molecule has 3 N–H and O–H groups in total. The van der Waals surface area contributed by atoms with Gasteiger partial charge < -0.3 is 15.1 Å². The molecule has 3 heteroatoms. The van der Waals surface area contributed by atoms with Crippen molar-refractivity contribution in [1.82, 2.24) is 0 Å². The number of nitrogen functional groups attached to an aromatic ring is 1. The van der Waals surface area contributed by atoms with Crippen LogP contribution in [-0.2, 0) is 0 Å². The molecule has 3 nitrogen and oxygen atoms in total. The fourth-order valence-corrected chi connectivity index (χ4v) is 2.96. The minimum atomic E-state index is 0.476. The molecule has 3 atom stereocenters. The quantitative estimate of drug-likeness (QED) is 0.678. The van der Waals surface area contributed by atoms with Crippen molar-refractivity contribution in [2.45, 2.75) is 25.8 Å². The minimum absolute atomic E-state index is 0.476. The number of anilines is 1. The Bertz CT molecular complexity index is 573. The number of hydrogen-bond acceptors (Lipinski definition) is 2. The largest absolute Gasteiger partial charge is 0.460 e. The molecule has 0 saturated carbocycles. The Labute approximate surface area is 101 Å². The van der Waals surface area contributed by atoms with Crippen LogP contribution in [0, 0.1) is 0 Å². The molecule has 1 unspecified atom stereocenters. The first kappa shape index (κ1) is 10.7. The molecule has 0 saturated heterocycles. The molecule has 0 spiro atoms. The molecule has 1 aromatic carbocycles. The zero-order chi connectivity index (χ0) is 12.2. The van der Waals surface area contributed by atoms with Crippen molar-refractivity contribution in [3.8, 4) is 0 Å². The Hall–Kier alpha value is -1.48. The lowest BCUT2D eigenvalue weighted by Crippen LogP contribution is -3.10. The number of quaternary nitrogens is 1. The molecule has 90 valence electrons. The first-order chi connectivity index (χ1) is 8.08. The number of likely N-dealkylation sites (N-methyl/N-ethyl adjacent to an activating group) is 1. The van der Waals surface area contributed by atoms with Crippen molar-refractivity contribution in [2.24, 2.45) is 0 Å². The molecule has 0 radical (unpaired) electrons. The monoisotopic (exact) mass is 231 g/mol. The molecular formula is C14H19N2O+. The molecule has 3 rings (SSSR count). The number of rotatable bonds is 0. The molecule has 0 bridgehead atoms. The standard InChI is InChI=1S/C14H18N2O/c1-8-7-16(3)9(2)13-11-6-10(15)4-5-12(11)17-14(8)13/h4-6,8-9H,7,15H2,1-3H3/p+1/t8-,9+/m0/s1. The summed E-state index contributed by atoms with van der Waals surface area (Å²) in [5, 5.41) is 1.19. The van der Waals surface area contributed by atoms with Crippen LogP contribution in [0.5, 0.6) is 0 Å². The van der Waals surface area contributed by atoms with E-state index >= 15 is 0 Å². The van der Waals surface area contributed by atoms with Gasteiger partial charge in [0.25, 0.3) is 0 Å². The Morgan fingerprint density at radius 2 is 2.12 bits per heavy atom. The van der Waals surface area contributed by atoms with E-state index in [1.165, 1.54) is 15.8 Å². The molecule has 2 heterocycles. The molecule has 2 aromatic rings. The van der Waals surface area contributed by atoms with E-state index < -0.39 is 0 Å². The highest BCUT2D eigenvalue weighted by Gasteiger charge is 2.34. The number of furan rings is 1. The van der Waals surface area contributed by atoms with Crippen molar-refractivity contribution in [3.05, 3.63) is 29.5 Å². The van der Waals surface area contributed by atoms with Gasteiger partial charge in [0.15, 0.2) is 0 Å². The predicted octanol–water partition coefficient (Wildman–Crippen LogP) is 1.71. The summed E-state index contributed by atoms with van der Waals surface area (Å²) in [6, 6.07) is 6.41. The van der Waals surface area contributed by atoms with Crippen molar-refractivity contribution >= 4 is 16.7 Å². The van der Waals surface area contributed by atoms with Gasteiger partial charge in [-0.2, -0.15) is 0 Å². The number of nitrogens with two attached hydrogens (primary N) is 1. The number of nitrogens with one attached hydrogen (secondary N) is 1. The second-order valence-electron chi connectivity index (χ2n) is 5.31. The summed E-state index contributed by atoms with van der Waals surface area (Å²) in [4.78, 5) is 1.54. The number of hydrogen-bond donors (Lipinski definition) is 2. The van der Waals surface area contributed by atoms with Crippen LogP contribution in [0.4, 0.5) is 5.69 Å². The first-order valence-electron chi connectivity index (χ1n) is 6.22. The highest BCUT2D eigenvalue weighted by atomic mass is 16.3. The van der Waals surface area contributed by atoms with Gasteiger partial charge in [0, 0.05) is 11.1 Å². The van der Waals surface area contributed by atoms with Gasteiger partial charge in [-0.25, -0.2) is 0 Å². The van der Waals surface area contributed by atoms with Crippen molar-refractivity contribution in [1.29, 1.82) is 0 Å². The Morgan fingerprint density at radius 1 is 1.35 bits per heavy atom. The van der Waals surface area contributed by atoms with Crippen LogP contribution in [0.3, 0.4) is 0 Å². The van der Waals surface area contributed by atoms with E-state index in [0.29, 0.717) is 12.0 Å². The third-order valence-corrected chi connectivity index (χ3v) is 4.03. The molecule has 1 aliphatic rings. The molecule has 0 amide bonds. The van der Waals surface area contributed by atoms with Crippen LogP contribution < -0.4 is 10.6 Å². The molecule has 1 aromatic heterocycles. The van der Waals surface area contributed by atoms with E-state index in [4.69, 9.17) is 10.2 Å². The third-order valence-electron chi connectivity index (χ3n) is 4.03. The topological polar surface area (TPSA) is 43.6 Å². The third kappa shape index (κ3) is 1.46. The van der Waals surface area contributed by atoms with Gasteiger partial charge in [0.1, 0.15) is 17.4 Å². The molecular weight excluding hydrogens is 212 g/mol. The summed E-state index contributed by atoms with van der Waals surface area (Å²) in [6.07, 6.45) is 0. The smallest absolute Gasteiger partial charge is 0.134 e. The molecule has 17 heavy (non-hydrogen) atoms. The summed E-state index contributed by atoms with van der Waals surface area (Å²) >= 11 is 0. The van der Waals surface area contributed by atoms with Gasteiger partial charge in [-0.05, 0) is 32.0 Å². The van der Waals surface area contributed by atoms with Crippen LogP contribution in [0.25, 0.3) is 11.0 Å². The van der Waals surface area contributed by atoms with Gasteiger partial charge in [0.2, 0.25) is 0 Å². The lowest BCUT2D eigenvalue weighted by molar-refractivity contribution is -0.914. The maximum atomic E-state index is 6.01. The first-order valence-corrected chi connectivity index (χ1v) is 6.22. The summed E-state index contributed by atoms with van der Waals surface area (Å²) in [5.74, 6) is 1.64. The van der Waals surface area contributed by atoms with Gasteiger partial charge in [-0.15, -0.1) is 0 Å². The maximum Gasteiger partial charge on any atom is 0.134 e. The summed E-state index contributed by atoms with van der Waals surface area (Å²) in [7, 11) is 2.25. The van der Waals surface area contributed by atoms with Gasteiger partial charge in [-0.1, -0.05) is 0 Å². The van der Waals surface area contributed by atoms with Crippen molar-refractivity contribution in [2.75, 3.05) is 19.3 Å². The average molecular weight is 231 g/mol. The number of benzene rings is 1. The molecule has 0 fully saturated rings. The SMILES string of the molecule is C[C@@H]1c2c(oc3ccc(N)cc23)[C@@H](C)C[NH+]1C. The van der Waals surface area contributed by atoms with Crippen molar-refractivity contribution in [3.63, 3.8) is 0 Å². The van der Waals surface area contributed by atoms with E-state index in [2.05, 4.69) is 20.9 Å². The van der Waals surface area contributed by atoms with Gasteiger partial charge in [0.05, 0.1) is 25.1 Å². The van der Waals surface area contributed by atoms with Crippen LogP contribution in [-0.4, -0.2) is 13.6 Å².